The van der Waals surface area contributed by atoms with Crippen molar-refractivity contribution in [3.63, 3.8) is 0 Å². The van der Waals surface area contributed by atoms with Crippen molar-refractivity contribution in [2.24, 2.45) is 5.92 Å². The summed E-state index contributed by atoms with van der Waals surface area (Å²) in [5, 5.41) is 11.4. The van der Waals surface area contributed by atoms with Gasteiger partial charge >= 0.3 is 5.97 Å². The molecule has 1 atom stereocenters. The van der Waals surface area contributed by atoms with Gasteiger partial charge < -0.3 is 10.4 Å². The fourth-order valence-electron chi connectivity index (χ4n) is 1.49. The number of hydrogen-bond acceptors (Lipinski definition) is 3. The van der Waals surface area contributed by atoms with Crippen molar-refractivity contribution in [1.29, 1.82) is 0 Å². The largest absolute Gasteiger partial charge is 0.481 e. The van der Waals surface area contributed by atoms with Crippen LogP contribution in [0.2, 0.25) is 0 Å². The van der Waals surface area contributed by atoms with Gasteiger partial charge in [0.2, 0.25) is 5.91 Å². The summed E-state index contributed by atoms with van der Waals surface area (Å²) in [7, 11) is 0. The van der Waals surface area contributed by atoms with E-state index in [1.807, 2.05) is 19.1 Å². The monoisotopic (exact) mass is 345 g/mol. The molecule has 0 aliphatic rings. The third-order valence-electron chi connectivity index (χ3n) is 2.60. The molecule has 1 aromatic heterocycles. The molecule has 1 unspecified atom stereocenters. The summed E-state index contributed by atoms with van der Waals surface area (Å²) in [4.78, 5) is 23.2. The maximum Gasteiger partial charge on any atom is 0.303 e. The molecule has 1 amide bonds. The number of rotatable bonds is 7. The van der Waals surface area contributed by atoms with Gasteiger partial charge in [0, 0.05) is 23.9 Å². The highest BCUT2D eigenvalue weighted by molar-refractivity contribution is 9.11. The average Bonchev–Trinajstić information content (AvgIpc) is 2.77. The molecule has 0 radical (unpaired) electrons. The van der Waals surface area contributed by atoms with E-state index in [1.165, 1.54) is 17.4 Å². The first kappa shape index (κ1) is 15.9. The molecule has 104 valence electrons. The predicted molar refractivity (Wildman–Crippen MR) is 80.1 cm³/mol. The maximum absolute atomic E-state index is 11.6. The topological polar surface area (TPSA) is 66.4 Å². The lowest BCUT2D eigenvalue weighted by molar-refractivity contribution is -0.138. The highest BCUT2D eigenvalue weighted by Gasteiger charge is 2.11. The Morgan fingerprint density at radius 3 is 2.79 bits per heavy atom. The lowest BCUT2D eigenvalue weighted by atomic mass is 10.0. The van der Waals surface area contributed by atoms with E-state index < -0.39 is 5.97 Å². The number of nitrogens with one attached hydrogen (secondary N) is 1. The fraction of sp³-hybridized carbons (Fsp3) is 0.385. The molecule has 0 saturated heterocycles. The minimum atomic E-state index is -0.833. The van der Waals surface area contributed by atoms with Crippen molar-refractivity contribution in [3.8, 4) is 0 Å². The molecule has 6 heteroatoms. The molecule has 0 fully saturated rings. The summed E-state index contributed by atoms with van der Waals surface area (Å²) < 4.78 is 1.01. The molecule has 0 spiro atoms. The summed E-state index contributed by atoms with van der Waals surface area (Å²) in [5.41, 5.74) is 0. The van der Waals surface area contributed by atoms with Crippen molar-refractivity contribution in [2.75, 3.05) is 6.54 Å². The number of thiophene rings is 1. The van der Waals surface area contributed by atoms with E-state index in [0.29, 0.717) is 6.54 Å². The summed E-state index contributed by atoms with van der Waals surface area (Å²) >= 11 is 4.89. The van der Waals surface area contributed by atoms with E-state index in [1.54, 1.807) is 6.08 Å². The van der Waals surface area contributed by atoms with Gasteiger partial charge in [0.15, 0.2) is 0 Å². The van der Waals surface area contributed by atoms with Crippen LogP contribution in [-0.2, 0) is 9.59 Å². The summed E-state index contributed by atoms with van der Waals surface area (Å²) in [6, 6.07) is 3.83. The second-order valence-electron chi connectivity index (χ2n) is 4.09. The number of carbonyl (C=O) groups excluding carboxylic acids is 1. The van der Waals surface area contributed by atoms with E-state index in [2.05, 4.69) is 21.2 Å². The van der Waals surface area contributed by atoms with Crippen molar-refractivity contribution < 1.29 is 14.7 Å². The van der Waals surface area contributed by atoms with E-state index in [-0.39, 0.29) is 18.2 Å². The zero-order valence-electron chi connectivity index (χ0n) is 10.6. The zero-order valence-corrected chi connectivity index (χ0v) is 13.0. The molecule has 2 N–H and O–H groups in total. The first-order valence-corrected chi connectivity index (χ1v) is 7.55. The van der Waals surface area contributed by atoms with Gasteiger partial charge in [0.25, 0.3) is 0 Å². The molecule has 1 heterocycles. The number of carbonyl (C=O) groups is 2. The SMILES string of the molecule is CCC(CNC(=O)/C=C/c1ccc(Br)s1)CC(=O)O. The van der Waals surface area contributed by atoms with Crippen molar-refractivity contribution in [3.05, 3.63) is 26.9 Å². The third-order valence-corrected chi connectivity index (χ3v) is 4.19. The van der Waals surface area contributed by atoms with Crippen molar-refractivity contribution >= 4 is 45.2 Å². The van der Waals surface area contributed by atoms with E-state index in [0.717, 1.165) is 15.1 Å². The van der Waals surface area contributed by atoms with Gasteiger partial charge in [-0.3, -0.25) is 9.59 Å². The van der Waals surface area contributed by atoms with Gasteiger partial charge in [0.1, 0.15) is 0 Å². The van der Waals surface area contributed by atoms with Crippen LogP contribution >= 0.6 is 27.3 Å². The van der Waals surface area contributed by atoms with Gasteiger partial charge in [-0.2, -0.15) is 0 Å². The number of aliphatic carboxylic acids is 1. The van der Waals surface area contributed by atoms with Crippen LogP contribution in [0.25, 0.3) is 6.08 Å². The molecule has 1 rings (SSSR count). The molecule has 19 heavy (non-hydrogen) atoms. The Bertz CT molecular complexity index is 470. The number of carboxylic acid groups (broad SMARTS) is 1. The Morgan fingerprint density at radius 1 is 1.53 bits per heavy atom. The first-order valence-electron chi connectivity index (χ1n) is 5.94. The number of amides is 1. The number of halogens is 1. The second kappa shape index (κ2) is 8.12. The maximum atomic E-state index is 11.6. The van der Waals surface area contributed by atoms with Crippen LogP contribution in [0.15, 0.2) is 22.0 Å². The fourth-order valence-corrected chi connectivity index (χ4v) is 2.81. The highest BCUT2D eigenvalue weighted by atomic mass is 79.9. The molecule has 0 aliphatic heterocycles. The summed E-state index contributed by atoms with van der Waals surface area (Å²) in [6.45, 7) is 2.30. The van der Waals surface area contributed by atoms with Gasteiger partial charge in [-0.05, 0) is 40.1 Å². The van der Waals surface area contributed by atoms with Crippen LogP contribution in [0.1, 0.15) is 24.6 Å². The first-order chi connectivity index (χ1) is 9.01. The second-order valence-corrected chi connectivity index (χ2v) is 6.59. The van der Waals surface area contributed by atoms with E-state index in [9.17, 15) is 9.59 Å². The number of hydrogen-bond donors (Lipinski definition) is 2. The Morgan fingerprint density at radius 2 is 2.26 bits per heavy atom. The predicted octanol–water partition coefficient (Wildman–Crippen LogP) is 3.14. The van der Waals surface area contributed by atoms with Gasteiger partial charge in [-0.1, -0.05) is 13.3 Å². The zero-order chi connectivity index (χ0) is 14.3. The standard InChI is InChI=1S/C13H16BrNO3S/c1-2-9(7-13(17)18)8-15-12(16)6-4-10-3-5-11(14)19-10/h3-6,9H,2,7-8H2,1H3,(H,15,16)(H,17,18)/b6-4+. The molecular weight excluding hydrogens is 330 g/mol. The van der Waals surface area contributed by atoms with Crippen LogP contribution in [0.4, 0.5) is 0 Å². The minimum Gasteiger partial charge on any atom is -0.481 e. The quantitative estimate of drug-likeness (QED) is 0.746. The van der Waals surface area contributed by atoms with Gasteiger partial charge in [-0.25, -0.2) is 0 Å². The number of carboxylic acids is 1. The smallest absolute Gasteiger partial charge is 0.303 e. The van der Waals surface area contributed by atoms with Gasteiger partial charge in [0.05, 0.1) is 3.79 Å². The van der Waals surface area contributed by atoms with E-state index >= 15 is 0 Å². The molecule has 1 aromatic rings. The highest BCUT2D eigenvalue weighted by Crippen LogP contribution is 2.22. The van der Waals surface area contributed by atoms with Crippen LogP contribution in [0.5, 0.6) is 0 Å². The Balaban J connectivity index is 2.38. The van der Waals surface area contributed by atoms with Crippen molar-refractivity contribution in [2.45, 2.75) is 19.8 Å². The normalized spacial score (nSPS) is 12.5. The molecule has 0 aromatic carbocycles. The Labute approximate surface area is 124 Å². The molecule has 0 saturated carbocycles. The molecular formula is C13H16BrNO3S. The molecule has 0 aliphatic carbocycles. The van der Waals surface area contributed by atoms with Crippen LogP contribution in [0, 0.1) is 5.92 Å². The third kappa shape index (κ3) is 6.54. The molecule has 0 bridgehead atoms. The average molecular weight is 346 g/mol. The summed E-state index contributed by atoms with van der Waals surface area (Å²) in [5.74, 6) is -1.06. The van der Waals surface area contributed by atoms with Crippen LogP contribution in [-0.4, -0.2) is 23.5 Å². The van der Waals surface area contributed by atoms with E-state index in [4.69, 9.17) is 5.11 Å². The Hall–Kier alpha value is -1.14. The van der Waals surface area contributed by atoms with Crippen LogP contribution in [0.3, 0.4) is 0 Å². The minimum absolute atomic E-state index is 0.0225. The van der Waals surface area contributed by atoms with Gasteiger partial charge in [-0.15, -0.1) is 11.3 Å². The lowest BCUT2D eigenvalue weighted by Crippen LogP contribution is -2.28. The Kier molecular flexibility index (Phi) is 6.80. The summed E-state index contributed by atoms with van der Waals surface area (Å²) in [6.07, 6.45) is 4.02. The lowest BCUT2D eigenvalue weighted by Gasteiger charge is -2.12. The molecule has 4 nitrogen and oxygen atoms in total. The van der Waals surface area contributed by atoms with Crippen molar-refractivity contribution in [1.82, 2.24) is 5.32 Å². The van der Waals surface area contributed by atoms with Crippen LogP contribution < -0.4 is 5.32 Å².